The van der Waals surface area contributed by atoms with Gasteiger partial charge in [0.15, 0.2) is 0 Å². The molecule has 0 radical (unpaired) electrons. The number of benzene rings is 1. The number of pyridine rings is 1. The summed E-state index contributed by atoms with van der Waals surface area (Å²) in [5, 5.41) is 13.6. The van der Waals surface area contributed by atoms with Crippen LogP contribution in [0.15, 0.2) is 35.3 Å². The number of nitrogens with zero attached hydrogens (tertiary/aromatic N) is 2. The van der Waals surface area contributed by atoms with Gasteiger partial charge < -0.3 is 14.6 Å². The minimum atomic E-state index is -0.220. The summed E-state index contributed by atoms with van der Waals surface area (Å²) in [7, 11) is 0. The lowest BCUT2D eigenvalue weighted by molar-refractivity contribution is 0.0904. The molecule has 0 spiro atoms. The van der Waals surface area contributed by atoms with Crippen molar-refractivity contribution >= 4 is 17.3 Å². The van der Waals surface area contributed by atoms with E-state index >= 15 is 0 Å². The van der Waals surface area contributed by atoms with Gasteiger partial charge in [0.1, 0.15) is 11.6 Å². The summed E-state index contributed by atoms with van der Waals surface area (Å²) in [6, 6.07) is 9.94. The van der Waals surface area contributed by atoms with E-state index in [4.69, 9.17) is 16.3 Å². The maximum atomic E-state index is 12.7. The molecule has 2 aromatic rings. The third kappa shape index (κ3) is 4.02. The average molecular weight is 384 g/mol. The largest absolute Gasteiger partial charge is 0.381 e. The number of hydrogen-bond acceptors (Lipinski definition) is 4. The van der Waals surface area contributed by atoms with Gasteiger partial charge >= 0.3 is 0 Å². The maximum Gasteiger partial charge on any atom is 0.269 e. The Morgan fingerprint density at radius 1 is 1.22 bits per heavy atom. The molecule has 4 rings (SSSR count). The van der Waals surface area contributed by atoms with Crippen molar-refractivity contribution in [3.05, 3.63) is 51.4 Å². The van der Waals surface area contributed by atoms with Gasteiger partial charge in [-0.3, -0.25) is 4.79 Å². The smallest absolute Gasteiger partial charge is 0.269 e. The van der Waals surface area contributed by atoms with E-state index in [2.05, 4.69) is 11.4 Å². The molecule has 140 valence electrons. The highest BCUT2D eigenvalue weighted by Gasteiger charge is 2.23. The van der Waals surface area contributed by atoms with Crippen LogP contribution in [-0.2, 0) is 11.3 Å². The predicted molar refractivity (Wildman–Crippen MR) is 106 cm³/mol. The number of nitriles is 1. The van der Waals surface area contributed by atoms with E-state index in [0.717, 1.165) is 50.1 Å². The Kier molecular flexibility index (Phi) is 5.20. The summed E-state index contributed by atoms with van der Waals surface area (Å²) in [4.78, 5) is 12.7. The predicted octanol–water partition coefficient (Wildman–Crippen LogP) is 4.04. The first-order valence-electron chi connectivity index (χ1n) is 9.43. The number of nitrogens with one attached hydrogen (secondary N) is 1. The lowest BCUT2D eigenvalue weighted by atomic mass is 10.0. The van der Waals surface area contributed by atoms with Crippen molar-refractivity contribution in [3.8, 4) is 17.2 Å². The number of halogens is 1. The van der Waals surface area contributed by atoms with E-state index in [1.54, 1.807) is 10.8 Å². The summed E-state index contributed by atoms with van der Waals surface area (Å²) >= 11 is 6.48. The summed E-state index contributed by atoms with van der Waals surface area (Å²) < 4.78 is 7.04. The second kappa shape index (κ2) is 7.75. The molecule has 1 saturated carbocycles. The zero-order chi connectivity index (χ0) is 18.8. The van der Waals surface area contributed by atoms with Crippen LogP contribution in [0.5, 0.6) is 0 Å². The molecular weight excluding hydrogens is 362 g/mol. The monoisotopic (exact) mass is 383 g/mol. The Labute approximate surface area is 163 Å². The zero-order valence-electron chi connectivity index (χ0n) is 15.1. The molecule has 2 heterocycles. The average Bonchev–Trinajstić information content (AvgIpc) is 3.50. The Morgan fingerprint density at radius 3 is 2.67 bits per heavy atom. The standard InChI is InChI=1S/C21H22ClN3O2/c22-19-11-15(3-4-20(19)24-16-6-9-27-10-7-16)17-5-8-25(13-14-1-2-14)21(26)18(17)12-23/h3-5,8,11,14,16,24H,1-2,6-7,9-10,13H2. The molecule has 6 heteroatoms. The van der Waals surface area contributed by atoms with Gasteiger partial charge in [0.25, 0.3) is 5.56 Å². The Hall–Kier alpha value is -2.29. The van der Waals surface area contributed by atoms with Crippen LogP contribution in [0.1, 0.15) is 31.2 Å². The fraction of sp³-hybridized carbons (Fsp3) is 0.429. The Balaban J connectivity index is 1.61. The highest BCUT2D eigenvalue weighted by molar-refractivity contribution is 6.33. The molecule has 1 aliphatic heterocycles. The van der Waals surface area contributed by atoms with Crippen LogP contribution in [0.4, 0.5) is 5.69 Å². The van der Waals surface area contributed by atoms with Crippen molar-refractivity contribution in [1.82, 2.24) is 4.57 Å². The SMILES string of the molecule is N#Cc1c(-c2ccc(NC3CCOCC3)c(Cl)c2)ccn(CC2CC2)c1=O. The molecule has 1 aliphatic carbocycles. The lowest BCUT2D eigenvalue weighted by Crippen LogP contribution is -2.27. The molecule has 1 N–H and O–H groups in total. The molecular formula is C21H22ClN3O2. The van der Waals surface area contributed by atoms with Gasteiger partial charge in [0, 0.05) is 37.6 Å². The molecule has 27 heavy (non-hydrogen) atoms. The first kappa shape index (κ1) is 18.1. The third-order valence-corrected chi connectivity index (χ3v) is 5.60. The number of anilines is 1. The molecule has 0 amide bonds. The van der Waals surface area contributed by atoms with Crippen molar-refractivity contribution in [2.75, 3.05) is 18.5 Å². The minimum Gasteiger partial charge on any atom is -0.381 e. The minimum absolute atomic E-state index is 0.180. The molecule has 1 saturated heterocycles. The summed E-state index contributed by atoms with van der Waals surface area (Å²) in [5.74, 6) is 0.574. The van der Waals surface area contributed by atoms with Gasteiger partial charge in [-0.05, 0) is 55.4 Å². The highest BCUT2D eigenvalue weighted by Crippen LogP contribution is 2.32. The van der Waals surface area contributed by atoms with Crippen molar-refractivity contribution in [2.45, 2.75) is 38.3 Å². The van der Waals surface area contributed by atoms with Crippen LogP contribution in [0.25, 0.3) is 11.1 Å². The van der Waals surface area contributed by atoms with Crippen molar-refractivity contribution < 1.29 is 4.74 Å². The van der Waals surface area contributed by atoms with E-state index in [9.17, 15) is 10.1 Å². The van der Waals surface area contributed by atoms with Crippen LogP contribution in [0.2, 0.25) is 5.02 Å². The van der Waals surface area contributed by atoms with Crippen LogP contribution < -0.4 is 10.9 Å². The summed E-state index contributed by atoms with van der Waals surface area (Å²) in [6.45, 7) is 2.22. The second-order valence-corrected chi connectivity index (χ2v) is 7.75. The van der Waals surface area contributed by atoms with Gasteiger partial charge in [-0.25, -0.2) is 0 Å². The summed E-state index contributed by atoms with van der Waals surface area (Å²) in [5.41, 5.74) is 2.24. The number of rotatable bonds is 5. The van der Waals surface area contributed by atoms with E-state index in [1.807, 2.05) is 24.3 Å². The van der Waals surface area contributed by atoms with Crippen LogP contribution in [0.3, 0.4) is 0 Å². The van der Waals surface area contributed by atoms with Gasteiger partial charge in [0.05, 0.1) is 10.7 Å². The van der Waals surface area contributed by atoms with Gasteiger partial charge in [-0.1, -0.05) is 17.7 Å². The molecule has 0 unspecified atom stereocenters. The lowest BCUT2D eigenvalue weighted by Gasteiger charge is -2.24. The number of hydrogen-bond donors (Lipinski definition) is 1. The van der Waals surface area contributed by atoms with Crippen LogP contribution in [-0.4, -0.2) is 23.8 Å². The summed E-state index contributed by atoms with van der Waals surface area (Å²) in [6.07, 6.45) is 6.02. The van der Waals surface area contributed by atoms with Crippen molar-refractivity contribution in [2.24, 2.45) is 5.92 Å². The number of aromatic nitrogens is 1. The first-order valence-corrected chi connectivity index (χ1v) is 9.81. The van der Waals surface area contributed by atoms with E-state index < -0.39 is 0 Å². The fourth-order valence-electron chi connectivity index (χ4n) is 3.51. The van der Waals surface area contributed by atoms with Gasteiger partial charge in [0.2, 0.25) is 0 Å². The maximum absolute atomic E-state index is 12.7. The second-order valence-electron chi connectivity index (χ2n) is 7.34. The van der Waals surface area contributed by atoms with Crippen molar-refractivity contribution in [1.29, 1.82) is 5.26 Å². The van der Waals surface area contributed by atoms with Crippen molar-refractivity contribution in [3.63, 3.8) is 0 Å². The quantitative estimate of drug-likeness (QED) is 0.846. The topological polar surface area (TPSA) is 67.0 Å². The van der Waals surface area contributed by atoms with Gasteiger partial charge in [-0.2, -0.15) is 5.26 Å². The Bertz CT molecular complexity index is 937. The fourth-order valence-corrected chi connectivity index (χ4v) is 3.74. The third-order valence-electron chi connectivity index (χ3n) is 5.29. The molecule has 2 aliphatic rings. The van der Waals surface area contributed by atoms with Crippen LogP contribution in [0, 0.1) is 17.2 Å². The van der Waals surface area contributed by atoms with E-state index in [-0.39, 0.29) is 11.1 Å². The first-order chi connectivity index (χ1) is 13.2. The van der Waals surface area contributed by atoms with Gasteiger partial charge in [-0.15, -0.1) is 0 Å². The zero-order valence-corrected chi connectivity index (χ0v) is 15.8. The number of ether oxygens (including phenoxy) is 1. The van der Waals surface area contributed by atoms with Crippen LogP contribution >= 0.6 is 11.6 Å². The molecule has 2 fully saturated rings. The highest BCUT2D eigenvalue weighted by atomic mass is 35.5. The van der Waals surface area contributed by atoms with E-state index in [1.165, 1.54) is 0 Å². The normalized spacial score (nSPS) is 17.5. The van der Waals surface area contributed by atoms with E-state index in [0.29, 0.717) is 29.1 Å². The molecule has 0 atom stereocenters. The Morgan fingerprint density at radius 2 is 2.00 bits per heavy atom. The molecule has 1 aromatic carbocycles. The molecule has 0 bridgehead atoms. The molecule has 5 nitrogen and oxygen atoms in total. The molecule has 1 aromatic heterocycles.